The molecule has 0 radical (unpaired) electrons. The third-order valence-electron chi connectivity index (χ3n) is 4.41. The molecule has 0 aliphatic heterocycles. The van der Waals surface area contributed by atoms with Gasteiger partial charge in [-0.05, 0) is 54.5 Å². The number of anilines is 1. The molecule has 0 atom stereocenters. The quantitative estimate of drug-likeness (QED) is 0.738. The Morgan fingerprint density at radius 2 is 1.73 bits per heavy atom. The molecule has 1 N–H and O–H groups in total. The summed E-state index contributed by atoms with van der Waals surface area (Å²) in [5.74, 6) is -0.0533. The fourth-order valence-electron chi connectivity index (χ4n) is 3.34. The van der Waals surface area contributed by atoms with E-state index in [-0.39, 0.29) is 5.91 Å². The minimum atomic E-state index is -0.0533. The van der Waals surface area contributed by atoms with E-state index in [9.17, 15) is 4.79 Å². The molecule has 0 saturated heterocycles. The van der Waals surface area contributed by atoms with Crippen LogP contribution < -0.4 is 5.32 Å². The number of carbonyl (C=O) groups is 1. The molecule has 0 spiro atoms. The second-order valence-corrected chi connectivity index (χ2v) is 5.94. The third kappa shape index (κ3) is 2.08. The summed E-state index contributed by atoms with van der Waals surface area (Å²) in [7, 11) is 0. The van der Waals surface area contributed by atoms with Crippen molar-refractivity contribution in [3.63, 3.8) is 0 Å². The summed E-state index contributed by atoms with van der Waals surface area (Å²) in [6.45, 7) is 2.00. The smallest absolute Gasteiger partial charge is 0.255 e. The Morgan fingerprint density at radius 1 is 0.955 bits per heavy atom. The zero-order chi connectivity index (χ0) is 15.1. The van der Waals surface area contributed by atoms with E-state index < -0.39 is 0 Å². The van der Waals surface area contributed by atoms with E-state index in [0.29, 0.717) is 5.56 Å². The molecule has 0 heterocycles. The zero-order valence-corrected chi connectivity index (χ0v) is 12.5. The summed E-state index contributed by atoms with van der Waals surface area (Å²) in [6, 6.07) is 18.2. The normalized spacial score (nSPS) is 12.6. The van der Waals surface area contributed by atoms with E-state index in [0.717, 1.165) is 29.5 Å². The first-order valence-electron chi connectivity index (χ1n) is 7.64. The minimum Gasteiger partial charge on any atom is -0.321 e. The van der Waals surface area contributed by atoms with Crippen LogP contribution >= 0.6 is 0 Å². The highest BCUT2D eigenvalue weighted by molar-refractivity contribution is 6.10. The Balaban J connectivity index is 1.75. The van der Waals surface area contributed by atoms with E-state index >= 15 is 0 Å². The van der Waals surface area contributed by atoms with Crippen molar-refractivity contribution in [1.82, 2.24) is 0 Å². The number of nitrogens with one attached hydrogen (secondary N) is 1. The average Bonchev–Trinajstić information content (AvgIpc) is 2.95. The van der Waals surface area contributed by atoms with Crippen LogP contribution in [-0.2, 0) is 12.8 Å². The molecule has 3 aromatic rings. The van der Waals surface area contributed by atoms with Gasteiger partial charge in [-0.25, -0.2) is 0 Å². The summed E-state index contributed by atoms with van der Waals surface area (Å²) in [4.78, 5) is 12.5. The van der Waals surface area contributed by atoms with E-state index in [2.05, 4.69) is 29.6 Å². The Kier molecular flexibility index (Phi) is 2.97. The molecule has 2 heteroatoms. The molecule has 3 aromatic carbocycles. The van der Waals surface area contributed by atoms with Crippen LogP contribution in [0.5, 0.6) is 0 Å². The van der Waals surface area contributed by atoms with Crippen molar-refractivity contribution in [1.29, 1.82) is 0 Å². The van der Waals surface area contributed by atoms with Gasteiger partial charge in [0.15, 0.2) is 0 Å². The molecule has 0 saturated carbocycles. The number of amides is 1. The molecule has 0 fully saturated rings. The first kappa shape index (κ1) is 13.1. The van der Waals surface area contributed by atoms with Gasteiger partial charge < -0.3 is 5.32 Å². The van der Waals surface area contributed by atoms with Crippen LogP contribution in [0.15, 0.2) is 54.6 Å². The number of hydrogen-bond donors (Lipinski definition) is 1. The second-order valence-electron chi connectivity index (χ2n) is 5.94. The van der Waals surface area contributed by atoms with Crippen LogP contribution in [0.25, 0.3) is 10.8 Å². The van der Waals surface area contributed by atoms with Gasteiger partial charge in [-0.1, -0.05) is 42.0 Å². The van der Waals surface area contributed by atoms with Crippen LogP contribution in [0.1, 0.15) is 27.0 Å². The van der Waals surface area contributed by atoms with Gasteiger partial charge in [0.1, 0.15) is 0 Å². The molecule has 0 bridgehead atoms. The first-order valence-corrected chi connectivity index (χ1v) is 7.64. The highest BCUT2D eigenvalue weighted by atomic mass is 16.1. The van der Waals surface area contributed by atoms with Crippen LogP contribution in [0.3, 0.4) is 0 Å². The highest BCUT2D eigenvalue weighted by Gasteiger charge is 2.16. The maximum absolute atomic E-state index is 12.5. The molecule has 108 valence electrons. The predicted molar refractivity (Wildman–Crippen MR) is 90.5 cm³/mol. The Labute approximate surface area is 129 Å². The molecule has 1 aliphatic carbocycles. The van der Waals surface area contributed by atoms with Crippen LogP contribution in [0.2, 0.25) is 0 Å². The maximum Gasteiger partial charge on any atom is 0.255 e. The third-order valence-corrected chi connectivity index (χ3v) is 4.41. The fraction of sp³-hybridized carbons (Fsp3) is 0.150. The molecule has 1 amide bonds. The van der Waals surface area contributed by atoms with Gasteiger partial charge in [-0.2, -0.15) is 0 Å². The molecule has 22 heavy (non-hydrogen) atoms. The van der Waals surface area contributed by atoms with Crippen LogP contribution in [0, 0.1) is 6.92 Å². The van der Waals surface area contributed by atoms with Crippen LogP contribution in [0.4, 0.5) is 5.69 Å². The lowest BCUT2D eigenvalue weighted by Crippen LogP contribution is -2.12. The lowest BCUT2D eigenvalue weighted by Gasteiger charge is -2.11. The van der Waals surface area contributed by atoms with Crippen molar-refractivity contribution in [2.24, 2.45) is 0 Å². The van der Waals surface area contributed by atoms with Crippen molar-refractivity contribution < 1.29 is 4.79 Å². The van der Waals surface area contributed by atoms with Gasteiger partial charge >= 0.3 is 0 Å². The second kappa shape index (κ2) is 4.99. The molecular formula is C20H17NO. The lowest BCUT2D eigenvalue weighted by atomic mass is 10.0. The van der Waals surface area contributed by atoms with Gasteiger partial charge in [0, 0.05) is 16.6 Å². The number of carbonyl (C=O) groups excluding carboxylic acids is 1. The van der Waals surface area contributed by atoms with Gasteiger partial charge in [-0.3, -0.25) is 4.79 Å². The van der Waals surface area contributed by atoms with Crippen molar-refractivity contribution >= 4 is 22.4 Å². The summed E-state index contributed by atoms with van der Waals surface area (Å²) >= 11 is 0. The topological polar surface area (TPSA) is 29.1 Å². The summed E-state index contributed by atoms with van der Waals surface area (Å²) in [6.07, 6.45) is 2.20. The summed E-state index contributed by atoms with van der Waals surface area (Å²) in [5, 5.41) is 5.54. The number of aryl methyl sites for hydroxylation is 3. The van der Waals surface area contributed by atoms with E-state index in [1.807, 2.05) is 37.3 Å². The number of benzene rings is 3. The minimum absolute atomic E-state index is 0.0533. The van der Waals surface area contributed by atoms with Gasteiger partial charge in [-0.15, -0.1) is 0 Å². The predicted octanol–water partition coefficient (Wildman–Crippen LogP) is 4.50. The monoisotopic (exact) mass is 287 g/mol. The molecule has 0 aromatic heterocycles. The van der Waals surface area contributed by atoms with E-state index in [4.69, 9.17) is 0 Å². The van der Waals surface area contributed by atoms with Crippen molar-refractivity contribution in [3.8, 4) is 0 Å². The molecule has 4 rings (SSSR count). The number of rotatable bonds is 2. The van der Waals surface area contributed by atoms with E-state index in [1.165, 1.54) is 16.5 Å². The van der Waals surface area contributed by atoms with Crippen molar-refractivity contribution in [3.05, 3.63) is 76.9 Å². The number of hydrogen-bond acceptors (Lipinski definition) is 1. The maximum atomic E-state index is 12.5. The lowest BCUT2D eigenvalue weighted by molar-refractivity contribution is 0.102. The standard InChI is InChI=1S/C20H17NO/c1-13-4-2-6-16(12-13)20(22)21-18-11-10-15-9-8-14-5-3-7-17(18)19(14)15/h2-7,10-12H,8-9H2,1H3,(H,21,22). The van der Waals surface area contributed by atoms with Crippen molar-refractivity contribution in [2.45, 2.75) is 19.8 Å². The highest BCUT2D eigenvalue weighted by Crippen LogP contribution is 2.35. The largest absolute Gasteiger partial charge is 0.321 e. The van der Waals surface area contributed by atoms with Crippen molar-refractivity contribution in [2.75, 3.05) is 5.32 Å². The molecular weight excluding hydrogens is 270 g/mol. The van der Waals surface area contributed by atoms with Gasteiger partial charge in [0.2, 0.25) is 0 Å². The van der Waals surface area contributed by atoms with E-state index in [1.54, 1.807) is 0 Å². The van der Waals surface area contributed by atoms with Gasteiger partial charge in [0.05, 0.1) is 0 Å². The zero-order valence-electron chi connectivity index (χ0n) is 12.5. The van der Waals surface area contributed by atoms with Gasteiger partial charge in [0.25, 0.3) is 5.91 Å². The molecule has 1 aliphatic rings. The Bertz CT molecular complexity index is 885. The van der Waals surface area contributed by atoms with Crippen LogP contribution in [-0.4, -0.2) is 5.91 Å². The fourth-order valence-corrected chi connectivity index (χ4v) is 3.34. The Hall–Kier alpha value is -2.61. The SMILES string of the molecule is Cc1cccc(C(=O)Nc2ccc3c4c(cccc24)CC3)c1. The first-order chi connectivity index (χ1) is 10.7. The molecule has 2 nitrogen and oxygen atoms in total. The average molecular weight is 287 g/mol. The summed E-state index contributed by atoms with van der Waals surface area (Å²) in [5.41, 5.74) is 5.46. The molecule has 0 unspecified atom stereocenters. The Morgan fingerprint density at radius 3 is 2.55 bits per heavy atom. The summed E-state index contributed by atoms with van der Waals surface area (Å²) < 4.78 is 0.